The van der Waals surface area contributed by atoms with Gasteiger partial charge in [-0.1, -0.05) is 25.4 Å². The maximum absolute atomic E-state index is 6.00. The Morgan fingerprint density at radius 1 is 1.41 bits per heavy atom. The summed E-state index contributed by atoms with van der Waals surface area (Å²) in [5, 5.41) is 0.778. The molecule has 1 aliphatic heterocycles. The van der Waals surface area contributed by atoms with Crippen molar-refractivity contribution in [2.24, 2.45) is 11.8 Å². The summed E-state index contributed by atoms with van der Waals surface area (Å²) in [6.45, 7) is 9.08. The lowest BCUT2D eigenvalue weighted by molar-refractivity contribution is 0.0718. The molecule has 1 saturated heterocycles. The standard InChI is InChI=1S/C14H21ClN2/c1-10-6-11(2)12(3)17(8-10)9-14-7-13(15)4-5-16-14/h4-5,7,10-12H,6,8-9H2,1-3H3. The molecule has 1 aromatic heterocycles. The molecule has 2 rings (SSSR count). The van der Waals surface area contributed by atoms with E-state index < -0.39 is 0 Å². The monoisotopic (exact) mass is 252 g/mol. The molecule has 0 aromatic carbocycles. The second-order valence-corrected chi connectivity index (χ2v) is 5.89. The molecule has 0 saturated carbocycles. The second kappa shape index (κ2) is 5.36. The van der Waals surface area contributed by atoms with E-state index >= 15 is 0 Å². The van der Waals surface area contributed by atoms with Crippen molar-refractivity contribution < 1.29 is 0 Å². The molecular formula is C14H21ClN2. The van der Waals surface area contributed by atoms with Crippen molar-refractivity contribution >= 4 is 11.6 Å². The van der Waals surface area contributed by atoms with E-state index in [1.165, 1.54) is 13.0 Å². The Balaban J connectivity index is 2.07. The number of rotatable bonds is 2. The fourth-order valence-electron chi connectivity index (χ4n) is 2.78. The SMILES string of the molecule is CC1CC(C)C(C)N(Cc2cc(Cl)ccn2)C1. The van der Waals surface area contributed by atoms with Crippen LogP contribution in [0.1, 0.15) is 32.9 Å². The molecule has 0 aliphatic carbocycles. The third-order valence-electron chi connectivity index (χ3n) is 3.86. The van der Waals surface area contributed by atoms with Crippen LogP contribution in [0.2, 0.25) is 5.02 Å². The highest BCUT2D eigenvalue weighted by atomic mass is 35.5. The Morgan fingerprint density at radius 2 is 2.18 bits per heavy atom. The molecule has 3 atom stereocenters. The van der Waals surface area contributed by atoms with Crippen molar-refractivity contribution in [3.05, 3.63) is 29.0 Å². The van der Waals surface area contributed by atoms with E-state index in [2.05, 4.69) is 30.7 Å². The maximum Gasteiger partial charge on any atom is 0.0558 e. The van der Waals surface area contributed by atoms with Crippen LogP contribution in [0.5, 0.6) is 0 Å². The minimum absolute atomic E-state index is 0.631. The van der Waals surface area contributed by atoms with Crippen molar-refractivity contribution in [1.29, 1.82) is 0 Å². The molecule has 0 amide bonds. The third kappa shape index (κ3) is 3.20. The maximum atomic E-state index is 6.00. The molecule has 94 valence electrons. The molecular weight excluding hydrogens is 232 g/mol. The van der Waals surface area contributed by atoms with E-state index in [0.717, 1.165) is 29.1 Å². The first-order chi connectivity index (χ1) is 8.06. The second-order valence-electron chi connectivity index (χ2n) is 5.45. The van der Waals surface area contributed by atoms with E-state index in [1.807, 2.05) is 12.1 Å². The lowest BCUT2D eigenvalue weighted by atomic mass is 9.86. The Kier molecular flexibility index (Phi) is 4.05. The number of hydrogen-bond donors (Lipinski definition) is 0. The van der Waals surface area contributed by atoms with Crippen LogP contribution in [0.25, 0.3) is 0 Å². The summed E-state index contributed by atoms with van der Waals surface area (Å²) in [4.78, 5) is 6.92. The number of hydrogen-bond acceptors (Lipinski definition) is 2. The van der Waals surface area contributed by atoms with Gasteiger partial charge < -0.3 is 0 Å². The van der Waals surface area contributed by atoms with Gasteiger partial charge in [-0.2, -0.15) is 0 Å². The quantitative estimate of drug-likeness (QED) is 0.800. The summed E-state index contributed by atoms with van der Waals surface area (Å²) in [5.41, 5.74) is 1.07. The summed E-state index contributed by atoms with van der Waals surface area (Å²) in [5.74, 6) is 1.54. The fraction of sp³-hybridized carbons (Fsp3) is 0.643. The summed E-state index contributed by atoms with van der Waals surface area (Å²) in [6.07, 6.45) is 3.12. The lowest BCUT2D eigenvalue weighted by Gasteiger charge is -2.40. The third-order valence-corrected chi connectivity index (χ3v) is 4.10. The van der Waals surface area contributed by atoms with E-state index in [4.69, 9.17) is 11.6 Å². The zero-order valence-electron chi connectivity index (χ0n) is 10.9. The minimum Gasteiger partial charge on any atom is -0.294 e. The molecule has 0 radical (unpaired) electrons. The normalized spacial score (nSPS) is 30.5. The van der Waals surface area contributed by atoms with Crippen LogP contribution < -0.4 is 0 Å². The Hall–Kier alpha value is -0.600. The molecule has 2 heterocycles. The largest absolute Gasteiger partial charge is 0.294 e. The number of pyridine rings is 1. The zero-order valence-corrected chi connectivity index (χ0v) is 11.6. The first-order valence-electron chi connectivity index (χ1n) is 6.40. The molecule has 17 heavy (non-hydrogen) atoms. The van der Waals surface area contributed by atoms with E-state index in [-0.39, 0.29) is 0 Å². The number of halogens is 1. The van der Waals surface area contributed by atoms with E-state index in [0.29, 0.717) is 6.04 Å². The van der Waals surface area contributed by atoms with Crippen LogP contribution in [-0.2, 0) is 6.54 Å². The fourth-order valence-corrected chi connectivity index (χ4v) is 2.97. The zero-order chi connectivity index (χ0) is 12.4. The van der Waals surface area contributed by atoms with Crippen LogP contribution in [0.3, 0.4) is 0 Å². The summed E-state index contributed by atoms with van der Waals surface area (Å²) in [7, 11) is 0. The minimum atomic E-state index is 0.631. The van der Waals surface area contributed by atoms with Crippen molar-refractivity contribution in [1.82, 2.24) is 9.88 Å². The highest BCUT2D eigenvalue weighted by molar-refractivity contribution is 6.30. The Bertz CT molecular complexity index is 380. The van der Waals surface area contributed by atoms with Gasteiger partial charge in [0.15, 0.2) is 0 Å². The van der Waals surface area contributed by atoms with Gasteiger partial charge in [0, 0.05) is 30.4 Å². The van der Waals surface area contributed by atoms with Gasteiger partial charge in [-0.15, -0.1) is 0 Å². The van der Waals surface area contributed by atoms with Gasteiger partial charge in [0.2, 0.25) is 0 Å². The average Bonchev–Trinajstić information content (AvgIpc) is 2.25. The summed E-state index contributed by atoms with van der Waals surface area (Å²) in [6, 6.07) is 4.43. The highest BCUT2D eigenvalue weighted by Gasteiger charge is 2.28. The molecule has 2 nitrogen and oxygen atoms in total. The first-order valence-corrected chi connectivity index (χ1v) is 6.78. The number of nitrogens with zero attached hydrogens (tertiary/aromatic N) is 2. The van der Waals surface area contributed by atoms with Crippen molar-refractivity contribution in [3.8, 4) is 0 Å². The molecule has 1 aromatic rings. The van der Waals surface area contributed by atoms with Gasteiger partial charge >= 0.3 is 0 Å². The Labute approximate surface area is 109 Å². The molecule has 0 spiro atoms. The van der Waals surface area contributed by atoms with Gasteiger partial charge in [-0.3, -0.25) is 9.88 Å². The van der Waals surface area contributed by atoms with Crippen LogP contribution in [0.15, 0.2) is 18.3 Å². The van der Waals surface area contributed by atoms with Gasteiger partial charge in [0.05, 0.1) is 5.69 Å². The molecule has 1 fully saturated rings. The van der Waals surface area contributed by atoms with Crippen molar-refractivity contribution in [2.45, 2.75) is 39.8 Å². The molecule has 0 N–H and O–H groups in total. The van der Waals surface area contributed by atoms with Crippen molar-refractivity contribution in [2.75, 3.05) is 6.54 Å². The molecule has 3 unspecified atom stereocenters. The van der Waals surface area contributed by atoms with E-state index in [1.54, 1.807) is 6.20 Å². The van der Waals surface area contributed by atoms with Crippen LogP contribution >= 0.6 is 11.6 Å². The topological polar surface area (TPSA) is 16.1 Å². The van der Waals surface area contributed by atoms with Crippen LogP contribution in [0.4, 0.5) is 0 Å². The predicted octanol–water partition coefficient (Wildman–Crippen LogP) is 3.60. The lowest BCUT2D eigenvalue weighted by Crippen LogP contribution is -2.45. The van der Waals surface area contributed by atoms with Gasteiger partial charge in [0.1, 0.15) is 0 Å². The summed E-state index contributed by atoms with van der Waals surface area (Å²) >= 11 is 6.00. The van der Waals surface area contributed by atoms with Gasteiger partial charge in [-0.05, 0) is 37.3 Å². The highest BCUT2D eigenvalue weighted by Crippen LogP contribution is 2.28. The Morgan fingerprint density at radius 3 is 2.88 bits per heavy atom. The predicted molar refractivity (Wildman–Crippen MR) is 72.1 cm³/mol. The summed E-state index contributed by atoms with van der Waals surface area (Å²) < 4.78 is 0. The molecule has 1 aliphatic rings. The number of piperidine rings is 1. The molecule has 3 heteroatoms. The van der Waals surface area contributed by atoms with Crippen LogP contribution in [0, 0.1) is 11.8 Å². The molecule has 0 bridgehead atoms. The van der Waals surface area contributed by atoms with Gasteiger partial charge in [-0.25, -0.2) is 0 Å². The number of aromatic nitrogens is 1. The first kappa shape index (κ1) is 12.8. The average molecular weight is 253 g/mol. The number of likely N-dealkylation sites (tertiary alicyclic amines) is 1. The van der Waals surface area contributed by atoms with Gasteiger partial charge in [0.25, 0.3) is 0 Å². The van der Waals surface area contributed by atoms with Crippen LogP contribution in [-0.4, -0.2) is 22.5 Å². The van der Waals surface area contributed by atoms with Crippen molar-refractivity contribution in [3.63, 3.8) is 0 Å². The smallest absolute Gasteiger partial charge is 0.0558 e. The van der Waals surface area contributed by atoms with E-state index in [9.17, 15) is 0 Å².